The molecular weight excluding hydrogens is 372 g/mol. The molecule has 0 radical (unpaired) electrons. The van der Waals surface area contributed by atoms with Gasteiger partial charge < -0.3 is 9.47 Å². The van der Waals surface area contributed by atoms with Crippen molar-refractivity contribution in [2.75, 3.05) is 6.61 Å². The molecule has 6 rings (SSSR count). The number of hydrogen-bond donors (Lipinski definition) is 0. The smallest absolute Gasteiger partial charge is 0.178 e. The van der Waals surface area contributed by atoms with Crippen LogP contribution in [0.4, 0.5) is 0 Å². The van der Waals surface area contributed by atoms with Gasteiger partial charge in [-0.15, -0.1) is 0 Å². The van der Waals surface area contributed by atoms with Crippen molar-refractivity contribution in [2.45, 2.75) is 104 Å². The fourth-order valence-corrected chi connectivity index (χ4v) is 10.2. The minimum atomic E-state index is -0.628. The summed E-state index contributed by atoms with van der Waals surface area (Å²) in [6.45, 7) is 10.1. The van der Waals surface area contributed by atoms with Crippen molar-refractivity contribution in [1.82, 2.24) is 0 Å². The normalized spacial score (nSPS) is 60.1. The van der Waals surface area contributed by atoms with Gasteiger partial charge in [0, 0.05) is 11.8 Å². The SMILES string of the molecule is C[C@@H]1CO[C@]2(CC1=O)O[C@H]1C[C@H]3[C@@H]4CC[C@H]5CCCC[C@]5(C)[C@H]4CC[C@]3(C)[C@H]1[C@@H]2C. The average Bonchev–Trinajstić information content (AvgIpc) is 3.15. The Morgan fingerprint density at radius 1 is 0.933 bits per heavy atom. The summed E-state index contributed by atoms with van der Waals surface area (Å²) < 4.78 is 13.1. The van der Waals surface area contributed by atoms with E-state index in [-0.39, 0.29) is 5.92 Å². The van der Waals surface area contributed by atoms with Crippen LogP contribution >= 0.6 is 0 Å². The van der Waals surface area contributed by atoms with Gasteiger partial charge in [-0.1, -0.05) is 40.5 Å². The van der Waals surface area contributed by atoms with Crippen molar-refractivity contribution < 1.29 is 14.3 Å². The van der Waals surface area contributed by atoms with Crippen molar-refractivity contribution >= 4 is 5.78 Å². The Bertz CT molecular complexity index is 734. The lowest BCUT2D eigenvalue weighted by Crippen LogP contribution is -2.54. The highest BCUT2D eigenvalue weighted by atomic mass is 16.7. The van der Waals surface area contributed by atoms with Crippen LogP contribution in [0, 0.1) is 52.3 Å². The van der Waals surface area contributed by atoms with E-state index in [4.69, 9.17) is 9.47 Å². The van der Waals surface area contributed by atoms with Gasteiger partial charge in [-0.25, -0.2) is 0 Å². The van der Waals surface area contributed by atoms with Gasteiger partial charge in [-0.3, -0.25) is 4.79 Å². The molecule has 1 spiro atoms. The lowest BCUT2D eigenvalue weighted by molar-refractivity contribution is -0.264. The first-order chi connectivity index (χ1) is 14.3. The fourth-order valence-electron chi connectivity index (χ4n) is 10.2. The molecule has 0 aromatic heterocycles. The third-order valence-corrected chi connectivity index (χ3v) is 11.8. The molecule has 2 heterocycles. The zero-order valence-electron chi connectivity index (χ0n) is 19.6. The van der Waals surface area contributed by atoms with E-state index in [0.717, 1.165) is 23.7 Å². The number of Topliss-reactive ketones (excluding diaryl/α,β-unsaturated/α-hetero) is 1. The third-order valence-electron chi connectivity index (χ3n) is 11.8. The molecule has 0 aromatic rings. The molecule has 3 heteroatoms. The van der Waals surface area contributed by atoms with Crippen LogP contribution in [0.2, 0.25) is 0 Å². The van der Waals surface area contributed by atoms with Gasteiger partial charge in [-0.05, 0) is 85.4 Å². The number of fused-ring (bicyclic) bond motifs is 7. The van der Waals surface area contributed by atoms with E-state index in [1.54, 1.807) is 0 Å². The molecule has 2 aliphatic heterocycles. The van der Waals surface area contributed by atoms with Crippen LogP contribution < -0.4 is 0 Å². The fraction of sp³-hybridized carbons (Fsp3) is 0.963. The second-order valence-electron chi connectivity index (χ2n) is 12.8. The van der Waals surface area contributed by atoms with Crippen molar-refractivity contribution in [3.63, 3.8) is 0 Å². The molecule has 0 bridgehead atoms. The van der Waals surface area contributed by atoms with Gasteiger partial charge >= 0.3 is 0 Å². The molecule has 6 fully saturated rings. The Balaban J connectivity index is 1.28. The quantitative estimate of drug-likeness (QED) is 0.487. The van der Waals surface area contributed by atoms with Gasteiger partial charge in [0.15, 0.2) is 5.79 Å². The van der Waals surface area contributed by atoms with Gasteiger partial charge in [0.05, 0.1) is 19.1 Å². The highest BCUT2D eigenvalue weighted by Crippen LogP contribution is 2.71. The number of carbonyl (C=O) groups is 1. The largest absolute Gasteiger partial charge is 0.348 e. The Kier molecular flexibility index (Phi) is 4.42. The third kappa shape index (κ3) is 2.49. The summed E-state index contributed by atoms with van der Waals surface area (Å²) in [7, 11) is 0. The number of carbonyl (C=O) groups excluding carboxylic acids is 1. The number of ether oxygens (including phenoxy) is 2. The first kappa shape index (κ1) is 20.2. The lowest BCUT2D eigenvalue weighted by Gasteiger charge is -2.61. The minimum absolute atomic E-state index is 0.0251. The molecule has 11 atom stereocenters. The molecule has 2 saturated heterocycles. The van der Waals surface area contributed by atoms with Crippen LogP contribution in [0.15, 0.2) is 0 Å². The Hall–Kier alpha value is -0.410. The van der Waals surface area contributed by atoms with Crippen LogP contribution in [0.3, 0.4) is 0 Å². The van der Waals surface area contributed by atoms with Crippen LogP contribution in [-0.4, -0.2) is 24.3 Å². The molecule has 6 aliphatic rings. The highest BCUT2D eigenvalue weighted by Gasteiger charge is 2.69. The van der Waals surface area contributed by atoms with E-state index in [1.807, 2.05) is 6.92 Å². The first-order valence-corrected chi connectivity index (χ1v) is 13.1. The second kappa shape index (κ2) is 6.56. The Labute approximate surface area is 183 Å². The molecule has 30 heavy (non-hydrogen) atoms. The second-order valence-corrected chi connectivity index (χ2v) is 12.8. The van der Waals surface area contributed by atoms with Crippen molar-refractivity contribution in [2.24, 2.45) is 52.3 Å². The van der Waals surface area contributed by atoms with Crippen LogP contribution in [0.25, 0.3) is 0 Å². The highest BCUT2D eigenvalue weighted by molar-refractivity contribution is 5.82. The monoisotopic (exact) mass is 414 g/mol. The molecule has 4 aliphatic carbocycles. The van der Waals surface area contributed by atoms with Crippen LogP contribution in [0.1, 0.15) is 91.9 Å². The predicted molar refractivity (Wildman–Crippen MR) is 117 cm³/mol. The first-order valence-electron chi connectivity index (χ1n) is 13.1. The summed E-state index contributed by atoms with van der Waals surface area (Å²) in [5.74, 6) is 4.24. The van der Waals surface area contributed by atoms with E-state index in [2.05, 4.69) is 20.8 Å². The zero-order valence-corrected chi connectivity index (χ0v) is 19.6. The summed E-state index contributed by atoms with van der Waals surface area (Å²) in [6, 6.07) is 0. The molecule has 168 valence electrons. The topological polar surface area (TPSA) is 35.5 Å². The van der Waals surface area contributed by atoms with Crippen molar-refractivity contribution in [3.05, 3.63) is 0 Å². The predicted octanol–water partition coefficient (Wildman–Crippen LogP) is 6.00. The van der Waals surface area contributed by atoms with Gasteiger partial charge in [0.25, 0.3) is 0 Å². The number of ketones is 1. The van der Waals surface area contributed by atoms with Gasteiger partial charge in [-0.2, -0.15) is 0 Å². The number of hydrogen-bond acceptors (Lipinski definition) is 3. The molecule has 4 saturated carbocycles. The van der Waals surface area contributed by atoms with Crippen molar-refractivity contribution in [3.8, 4) is 0 Å². The van der Waals surface area contributed by atoms with E-state index in [0.29, 0.717) is 47.6 Å². The molecule has 0 amide bonds. The molecule has 0 unspecified atom stereocenters. The van der Waals surface area contributed by atoms with Crippen LogP contribution in [-0.2, 0) is 14.3 Å². The summed E-state index contributed by atoms with van der Waals surface area (Å²) in [4.78, 5) is 12.6. The average molecular weight is 415 g/mol. The summed E-state index contributed by atoms with van der Waals surface area (Å²) in [6.07, 6.45) is 13.6. The van der Waals surface area contributed by atoms with Crippen LogP contribution in [0.5, 0.6) is 0 Å². The van der Waals surface area contributed by atoms with E-state index >= 15 is 0 Å². The maximum absolute atomic E-state index is 12.6. The number of rotatable bonds is 0. The summed E-state index contributed by atoms with van der Waals surface area (Å²) in [5.41, 5.74) is 0.963. The molecule has 0 aromatic carbocycles. The molecular formula is C27H42O3. The maximum atomic E-state index is 12.6. The Morgan fingerprint density at radius 2 is 1.77 bits per heavy atom. The van der Waals surface area contributed by atoms with Crippen molar-refractivity contribution in [1.29, 1.82) is 0 Å². The van der Waals surface area contributed by atoms with E-state index in [9.17, 15) is 4.79 Å². The summed E-state index contributed by atoms with van der Waals surface area (Å²) >= 11 is 0. The lowest BCUT2D eigenvalue weighted by atomic mass is 9.44. The Morgan fingerprint density at radius 3 is 2.57 bits per heavy atom. The molecule has 0 N–H and O–H groups in total. The van der Waals surface area contributed by atoms with E-state index in [1.165, 1.54) is 57.8 Å². The van der Waals surface area contributed by atoms with Gasteiger partial charge in [0.1, 0.15) is 5.78 Å². The summed E-state index contributed by atoms with van der Waals surface area (Å²) in [5, 5.41) is 0. The maximum Gasteiger partial charge on any atom is 0.178 e. The standard InChI is InChI=1S/C27H42O3/c1-16-15-29-27(14-22(16)28)17(2)24-23(30-27)13-21-19-9-8-18-7-5-6-11-25(18,3)20(19)10-12-26(21,24)4/h16-21,23-24H,5-15H2,1-4H3/t16-,17+,18-,19-,20+,21+,23+,24+,25+,26+,27-/m1/s1. The zero-order chi connectivity index (χ0) is 20.9. The molecule has 3 nitrogen and oxygen atoms in total. The minimum Gasteiger partial charge on any atom is -0.348 e. The van der Waals surface area contributed by atoms with E-state index < -0.39 is 5.79 Å². The van der Waals surface area contributed by atoms with Gasteiger partial charge in [0.2, 0.25) is 0 Å².